The fourth-order valence-corrected chi connectivity index (χ4v) is 2.59. The van der Waals surface area contributed by atoms with Gasteiger partial charge in [0.25, 0.3) is 5.91 Å². The third-order valence-corrected chi connectivity index (χ3v) is 3.60. The van der Waals surface area contributed by atoms with Crippen molar-refractivity contribution in [2.45, 2.75) is 13.0 Å². The first-order chi connectivity index (χ1) is 9.38. The third kappa shape index (κ3) is 3.08. The molecule has 1 heterocycles. The van der Waals surface area contributed by atoms with Crippen LogP contribution in [-0.2, 0) is 7.05 Å². The molecular weight excluding hydrogens is 297 g/mol. The number of hydrogen-bond donors (Lipinski definition) is 2. The second-order valence-electron chi connectivity index (χ2n) is 4.63. The van der Waals surface area contributed by atoms with Crippen molar-refractivity contribution in [2.24, 2.45) is 7.05 Å². The van der Waals surface area contributed by atoms with Gasteiger partial charge in [-0.15, -0.1) is 0 Å². The molecule has 1 amide bonds. The summed E-state index contributed by atoms with van der Waals surface area (Å²) in [6.45, 7) is 1.86. The summed E-state index contributed by atoms with van der Waals surface area (Å²) in [5, 5.41) is 3.97. The number of aromatic nitrogens is 1. The zero-order valence-corrected chi connectivity index (χ0v) is 12.7. The van der Waals surface area contributed by atoms with Crippen LogP contribution in [0.25, 0.3) is 0 Å². The monoisotopic (exact) mass is 311 g/mol. The lowest BCUT2D eigenvalue weighted by molar-refractivity contribution is 0.0931. The molecule has 0 fully saturated rings. The van der Waals surface area contributed by atoms with Gasteiger partial charge in [0.05, 0.1) is 11.7 Å². The van der Waals surface area contributed by atoms with Gasteiger partial charge in [0.2, 0.25) is 0 Å². The molecule has 0 radical (unpaired) electrons. The van der Waals surface area contributed by atoms with Crippen molar-refractivity contribution >= 4 is 34.8 Å². The van der Waals surface area contributed by atoms with E-state index in [-0.39, 0.29) is 11.9 Å². The molecule has 6 heteroatoms. The van der Waals surface area contributed by atoms with E-state index in [0.717, 1.165) is 5.56 Å². The van der Waals surface area contributed by atoms with Crippen LogP contribution in [0.15, 0.2) is 30.5 Å². The van der Waals surface area contributed by atoms with E-state index in [9.17, 15) is 4.79 Å². The minimum Gasteiger partial charge on any atom is -0.397 e. The SMILES string of the molecule is CC(NC(=O)c1cc(N)cn1C)c1ccc(Cl)cc1Cl. The Morgan fingerprint density at radius 1 is 1.35 bits per heavy atom. The molecule has 0 aliphatic rings. The van der Waals surface area contributed by atoms with E-state index >= 15 is 0 Å². The molecule has 0 aliphatic heterocycles. The van der Waals surface area contributed by atoms with Crippen molar-refractivity contribution in [3.05, 3.63) is 51.8 Å². The number of amides is 1. The normalized spacial score (nSPS) is 12.2. The molecule has 20 heavy (non-hydrogen) atoms. The van der Waals surface area contributed by atoms with Gasteiger partial charge in [-0.05, 0) is 30.7 Å². The molecule has 0 bridgehead atoms. The highest BCUT2D eigenvalue weighted by molar-refractivity contribution is 6.35. The van der Waals surface area contributed by atoms with E-state index in [1.54, 1.807) is 42.1 Å². The van der Waals surface area contributed by atoms with Crippen molar-refractivity contribution in [3.63, 3.8) is 0 Å². The number of nitrogens with two attached hydrogens (primary N) is 1. The van der Waals surface area contributed by atoms with E-state index < -0.39 is 0 Å². The van der Waals surface area contributed by atoms with Crippen LogP contribution in [0.2, 0.25) is 10.0 Å². The fourth-order valence-electron chi connectivity index (χ4n) is 2.02. The van der Waals surface area contributed by atoms with E-state index in [1.165, 1.54) is 0 Å². The Morgan fingerprint density at radius 3 is 2.60 bits per heavy atom. The van der Waals surface area contributed by atoms with Crippen LogP contribution in [0.4, 0.5) is 5.69 Å². The summed E-state index contributed by atoms with van der Waals surface area (Å²) in [6, 6.07) is 6.59. The van der Waals surface area contributed by atoms with E-state index in [0.29, 0.717) is 21.4 Å². The first-order valence-corrected chi connectivity index (χ1v) is 6.81. The molecule has 0 aliphatic carbocycles. The molecule has 1 aromatic heterocycles. The number of benzene rings is 1. The van der Waals surface area contributed by atoms with Crippen LogP contribution in [0.5, 0.6) is 0 Å². The fraction of sp³-hybridized carbons (Fsp3) is 0.214. The van der Waals surface area contributed by atoms with Crippen LogP contribution in [-0.4, -0.2) is 10.5 Å². The molecular formula is C14H15Cl2N3O. The van der Waals surface area contributed by atoms with Crippen molar-refractivity contribution in [3.8, 4) is 0 Å². The quantitative estimate of drug-likeness (QED) is 0.912. The van der Waals surface area contributed by atoms with Gasteiger partial charge in [-0.2, -0.15) is 0 Å². The Morgan fingerprint density at radius 2 is 2.05 bits per heavy atom. The first-order valence-electron chi connectivity index (χ1n) is 6.06. The number of nitrogen functional groups attached to an aromatic ring is 1. The molecule has 1 unspecified atom stereocenters. The Balaban J connectivity index is 2.17. The maximum Gasteiger partial charge on any atom is 0.268 e. The minimum absolute atomic E-state index is 0.206. The molecule has 0 saturated heterocycles. The molecule has 2 aromatic rings. The number of anilines is 1. The third-order valence-electron chi connectivity index (χ3n) is 3.04. The number of rotatable bonds is 3. The molecule has 4 nitrogen and oxygen atoms in total. The number of nitrogens with one attached hydrogen (secondary N) is 1. The predicted molar refractivity (Wildman–Crippen MR) is 82.2 cm³/mol. The average molecular weight is 312 g/mol. The van der Waals surface area contributed by atoms with Crippen molar-refractivity contribution in [2.75, 3.05) is 5.73 Å². The summed E-state index contributed by atoms with van der Waals surface area (Å²) >= 11 is 12.0. The van der Waals surface area contributed by atoms with E-state index in [1.807, 2.05) is 6.92 Å². The Kier molecular flexibility index (Phi) is 4.26. The molecule has 2 rings (SSSR count). The lowest BCUT2D eigenvalue weighted by Gasteiger charge is -2.16. The smallest absolute Gasteiger partial charge is 0.268 e. The topological polar surface area (TPSA) is 60.1 Å². The summed E-state index contributed by atoms with van der Waals surface area (Å²) in [4.78, 5) is 12.2. The van der Waals surface area contributed by atoms with Crippen molar-refractivity contribution < 1.29 is 4.79 Å². The van der Waals surface area contributed by atoms with Gasteiger partial charge >= 0.3 is 0 Å². The maximum absolute atomic E-state index is 12.2. The lowest BCUT2D eigenvalue weighted by Crippen LogP contribution is -2.28. The number of hydrogen-bond acceptors (Lipinski definition) is 2. The van der Waals surface area contributed by atoms with Gasteiger partial charge in [0.15, 0.2) is 0 Å². The Labute approximate surface area is 127 Å². The number of halogens is 2. The van der Waals surface area contributed by atoms with Gasteiger partial charge in [0, 0.05) is 23.3 Å². The molecule has 1 aromatic carbocycles. The van der Waals surface area contributed by atoms with Gasteiger partial charge < -0.3 is 15.6 Å². The van der Waals surface area contributed by atoms with Gasteiger partial charge in [-0.1, -0.05) is 29.3 Å². The standard InChI is InChI=1S/C14H15Cl2N3O/c1-8(11-4-3-9(15)5-12(11)16)18-14(20)13-6-10(17)7-19(13)2/h3-8H,17H2,1-2H3,(H,18,20). The molecule has 106 valence electrons. The minimum atomic E-state index is -0.233. The second kappa shape index (κ2) is 5.77. The van der Waals surface area contributed by atoms with E-state index in [4.69, 9.17) is 28.9 Å². The zero-order valence-electron chi connectivity index (χ0n) is 11.2. The number of nitrogens with zero attached hydrogens (tertiary/aromatic N) is 1. The Bertz CT molecular complexity index is 652. The van der Waals surface area contributed by atoms with Crippen molar-refractivity contribution in [1.82, 2.24) is 9.88 Å². The second-order valence-corrected chi connectivity index (χ2v) is 5.47. The first kappa shape index (κ1) is 14.8. The van der Waals surface area contributed by atoms with Gasteiger partial charge in [-0.25, -0.2) is 0 Å². The highest BCUT2D eigenvalue weighted by Gasteiger charge is 2.16. The molecule has 0 spiro atoms. The highest BCUT2D eigenvalue weighted by atomic mass is 35.5. The molecule has 3 N–H and O–H groups in total. The summed E-state index contributed by atoms with van der Waals surface area (Å²) in [6.07, 6.45) is 1.69. The van der Waals surface area contributed by atoms with Gasteiger partial charge in [0.1, 0.15) is 5.69 Å². The zero-order chi connectivity index (χ0) is 14.9. The van der Waals surface area contributed by atoms with Crippen LogP contribution >= 0.6 is 23.2 Å². The van der Waals surface area contributed by atoms with Crippen LogP contribution in [0.3, 0.4) is 0 Å². The highest BCUT2D eigenvalue weighted by Crippen LogP contribution is 2.26. The Hall–Kier alpha value is -1.65. The number of carbonyl (C=O) groups excluding carboxylic acids is 1. The predicted octanol–water partition coefficient (Wildman–Crippen LogP) is 3.41. The maximum atomic E-state index is 12.2. The summed E-state index contributed by atoms with van der Waals surface area (Å²) in [5.41, 5.74) is 7.53. The van der Waals surface area contributed by atoms with Crippen LogP contribution in [0.1, 0.15) is 29.0 Å². The van der Waals surface area contributed by atoms with Crippen molar-refractivity contribution in [1.29, 1.82) is 0 Å². The molecule has 0 saturated carbocycles. The van der Waals surface area contributed by atoms with E-state index in [2.05, 4.69) is 5.32 Å². The average Bonchev–Trinajstić information content (AvgIpc) is 2.68. The lowest BCUT2D eigenvalue weighted by atomic mass is 10.1. The van der Waals surface area contributed by atoms with Gasteiger partial charge in [-0.3, -0.25) is 4.79 Å². The molecule has 1 atom stereocenters. The summed E-state index contributed by atoms with van der Waals surface area (Å²) < 4.78 is 1.68. The largest absolute Gasteiger partial charge is 0.397 e. The summed E-state index contributed by atoms with van der Waals surface area (Å²) in [5.74, 6) is -0.206. The van der Waals surface area contributed by atoms with Crippen LogP contribution < -0.4 is 11.1 Å². The number of aryl methyl sites for hydroxylation is 1. The summed E-state index contributed by atoms with van der Waals surface area (Å²) in [7, 11) is 1.77. The van der Waals surface area contributed by atoms with Crippen LogP contribution in [0, 0.1) is 0 Å². The number of carbonyl (C=O) groups is 1.